The molecule has 2 N–H and O–H groups in total. The van der Waals surface area contributed by atoms with E-state index in [0.29, 0.717) is 0 Å². The fourth-order valence-electron chi connectivity index (χ4n) is 0.797. The molecule has 0 fully saturated rings. The topological polar surface area (TPSA) is 134 Å². The molecule has 0 saturated heterocycles. The van der Waals surface area contributed by atoms with Crippen molar-refractivity contribution in [2.75, 3.05) is 39.5 Å². The second-order valence-corrected chi connectivity index (χ2v) is 2.80. The van der Waals surface area contributed by atoms with Crippen LogP contribution in [0.25, 0.3) is 10.4 Å². The van der Waals surface area contributed by atoms with Gasteiger partial charge in [0.05, 0.1) is 13.2 Å². The Balaban J connectivity index is 3.27. The van der Waals surface area contributed by atoms with Crippen LogP contribution in [0.5, 0.6) is 0 Å². The minimum Gasteiger partial charge on any atom is -0.480 e. The fourth-order valence-corrected chi connectivity index (χ4v) is 0.797. The van der Waals surface area contributed by atoms with E-state index in [0.717, 1.165) is 0 Å². The molecular weight excluding hydrogens is 232 g/mol. The number of carbonyl (C=O) groups excluding carboxylic acids is 1. The molecule has 96 valence electrons. The second kappa shape index (κ2) is 10.7. The van der Waals surface area contributed by atoms with Crippen LogP contribution in [0.4, 0.5) is 0 Å². The molecule has 9 nitrogen and oxygen atoms in total. The molecule has 0 saturated carbocycles. The van der Waals surface area contributed by atoms with Crippen LogP contribution in [0, 0.1) is 0 Å². The number of carbonyl (C=O) groups is 2. The lowest BCUT2D eigenvalue weighted by molar-refractivity contribution is -0.143. The lowest BCUT2D eigenvalue weighted by Gasteiger charge is -2.05. The first kappa shape index (κ1) is 15.2. The number of hydrogen-bond donors (Lipinski definition) is 2. The van der Waals surface area contributed by atoms with Gasteiger partial charge in [-0.05, 0) is 5.53 Å². The molecule has 0 unspecified atom stereocenters. The van der Waals surface area contributed by atoms with Gasteiger partial charge in [-0.1, -0.05) is 5.11 Å². The third kappa shape index (κ3) is 12.1. The molecule has 0 bridgehead atoms. The van der Waals surface area contributed by atoms with E-state index in [9.17, 15) is 9.59 Å². The minimum atomic E-state index is -1.13. The molecule has 17 heavy (non-hydrogen) atoms. The lowest BCUT2D eigenvalue weighted by Crippen LogP contribution is -2.31. The summed E-state index contributed by atoms with van der Waals surface area (Å²) >= 11 is 0. The van der Waals surface area contributed by atoms with Crippen molar-refractivity contribution < 1.29 is 24.2 Å². The van der Waals surface area contributed by atoms with Crippen LogP contribution in [-0.4, -0.2) is 56.5 Å². The van der Waals surface area contributed by atoms with Gasteiger partial charge >= 0.3 is 5.97 Å². The monoisotopic (exact) mass is 246 g/mol. The molecule has 0 atom stereocenters. The van der Waals surface area contributed by atoms with E-state index >= 15 is 0 Å². The second-order valence-electron chi connectivity index (χ2n) is 2.80. The quantitative estimate of drug-likeness (QED) is 0.232. The number of rotatable bonds is 10. The smallest absolute Gasteiger partial charge is 0.329 e. The van der Waals surface area contributed by atoms with Crippen molar-refractivity contribution in [2.45, 2.75) is 0 Å². The maximum absolute atomic E-state index is 11.0. The van der Waals surface area contributed by atoms with E-state index < -0.39 is 18.5 Å². The predicted molar refractivity (Wildman–Crippen MR) is 56.3 cm³/mol. The zero-order valence-corrected chi connectivity index (χ0v) is 9.16. The number of nitrogens with zero attached hydrogens (tertiary/aromatic N) is 3. The number of azide groups is 1. The number of ether oxygens (including phenoxy) is 2. The first-order valence-corrected chi connectivity index (χ1v) is 4.81. The summed E-state index contributed by atoms with van der Waals surface area (Å²) in [5.41, 5.74) is 7.95. The summed E-state index contributed by atoms with van der Waals surface area (Å²) in [5.74, 6) is -1.54. The van der Waals surface area contributed by atoms with E-state index in [1.807, 2.05) is 0 Å². The third-order valence-corrected chi connectivity index (χ3v) is 1.43. The van der Waals surface area contributed by atoms with E-state index in [-0.39, 0.29) is 32.9 Å². The van der Waals surface area contributed by atoms with Gasteiger partial charge in [-0.25, -0.2) is 4.79 Å². The Morgan fingerprint density at radius 1 is 1.29 bits per heavy atom. The van der Waals surface area contributed by atoms with Gasteiger partial charge in [0.2, 0.25) is 5.91 Å². The van der Waals surface area contributed by atoms with E-state index in [1.165, 1.54) is 0 Å². The summed E-state index contributed by atoms with van der Waals surface area (Å²) in [6, 6.07) is 0. The average molecular weight is 246 g/mol. The van der Waals surface area contributed by atoms with Gasteiger partial charge in [0, 0.05) is 18.0 Å². The van der Waals surface area contributed by atoms with E-state index in [2.05, 4.69) is 20.1 Å². The summed E-state index contributed by atoms with van der Waals surface area (Å²) in [4.78, 5) is 23.6. The van der Waals surface area contributed by atoms with Crippen molar-refractivity contribution in [1.82, 2.24) is 5.32 Å². The Kier molecular flexibility index (Phi) is 9.53. The van der Waals surface area contributed by atoms with Crippen molar-refractivity contribution in [3.63, 3.8) is 0 Å². The largest absolute Gasteiger partial charge is 0.480 e. The number of aliphatic carboxylic acids is 1. The summed E-state index contributed by atoms with van der Waals surface area (Å²) in [5, 5.41) is 13.9. The minimum absolute atomic E-state index is 0.242. The van der Waals surface area contributed by atoms with Crippen LogP contribution >= 0.6 is 0 Å². The SMILES string of the molecule is [N-]=[N+]=NCCOCCNC(=O)COCC(=O)O. The van der Waals surface area contributed by atoms with E-state index in [4.69, 9.17) is 15.4 Å². The molecule has 0 aromatic heterocycles. The molecular formula is C8H14N4O5. The molecule has 1 amide bonds. The summed E-state index contributed by atoms with van der Waals surface area (Å²) in [6.07, 6.45) is 0. The molecule has 0 aromatic carbocycles. The number of carboxylic acid groups (broad SMARTS) is 1. The van der Waals surface area contributed by atoms with Crippen molar-refractivity contribution in [3.8, 4) is 0 Å². The van der Waals surface area contributed by atoms with Gasteiger partial charge in [0.1, 0.15) is 13.2 Å². The first-order chi connectivity index (χ1) is 8.16. The van der Waals surface area contributed by atoms with Gasteiger partial charge in [-0.15, -0.1) is 0 Å². The normalized spacial score (nSPS) is 9.41. The van der Waals surface area contributed by atoms with Gasteiger partial charge in [0.25, 0.3) is 0 Å². The zero-order chi connectivity index (χ0) is 12.9. The average Bonchev–Trinajstić information content (AvgIpc) is 2.27. The van der Waals surface area contributed by atoms with Crippen molar-refractivity contribution in [1.29, 1.82) is 0 Å². The zero-order valence-electron chi connectivity index (χ0n) is 9.16. The van der Waals surface area contributed by atoms with Gasteiger partial charge < -0.3 is 19.9 Å². The lowest BCUT2D eigenvalue weighted by atomic mass is 10.6. The highest BCUT2D eigenvalue weighted by Gasteiger charge is 2.02. The van der Waals surface area contributed by atoms with Gasteiger partial charge in [0.15, 0.2) is 0 Å². The predicted octanol–water partition coefficient (Wildman–Crippen LogP) is -0.469. The third-order valence-electron chi connectivity index (χ3n) is 1.43. The Morgan fingerprint density at radius 3 is 2.71 bits per heavy atom. The summed E-state index contributed by atoms with van der Waals surface area (Å²) < 4.78 is 9.57. The first-order valence-electron chi connectivity index (χ1n) is 4.81. The Morgan fingerprint density at radius 2 is 2.06 bits per heavy atom. The number of hydrogen-bond acceptors (Lipinski definition) is 5. The van der Waals surface area contributed by atoms with Crippen LogP contribution in [0.15, 0.2) is 5.11 Å². The molecule has 0 heterocycles. The van der Waals surface area contributed by atoms with Gasteiger partial charge in [-0.3, -0.25) is 4.79 Å². The summed E-state index contributed by atoms with van der Waals surface area (Å²) in [6.45, 7) is 0.292. The molecule has 0 spiro atoms. The molecule has 0 rings (SSSR count). The standard InChI is InChI=1S/C8H14N4O5/c9-12-11-2-4-16-3-1-10-7(13)5-17-6-8(14)15/h1-6H2,(H,10,13)(H,14,15). The highest BCUT2D eigenvalue weighted by molar-refractivity contribution is 5.77. The highest BCUT2D eigenvalue weighted by atomic mass is 16.5. The van der Waals surface area contributed by atoms with Crippen LogP contribution in [0.3, 0.4) is 0 Å². The number of nitrogens with one attached hydrogen (secondary N) is 1. The molecule has 0 aliphatic rings. The van der Waals surface area contributed by atoms with Crippen molar-refractivity contribution in [2.24, 2.45) is 5.11 Å². The molecule has 9 heteroatoms. The summed E-state index contributed by atoms with van der Waals surface area (Å²) in [7, 11) is 0. The Hall–Kier alpha value is -1.83. The van der Waals surface area contributed by atoms with Crippen molar-refractivity contribution in [3.05, 3.63) is 10.4 Å². The maximum Gasteiger partial charge on any atom is 0.329 e. The molecule has 0 aromatic rings. The Bertz CT molecular complexity index is 290. The van der Waals surface area contributed by atoms with Crippen LogP contribution in [0.1, 0.15) is 0 Å². The maximum atomic E-state index is 11.0. The number of amides is 1. The van der Waals surface area contributed by atoms with Crippen LogP contribution in [0.2, 0.25) is 0 Å². The molecule has 0 radical (unpaired) electrons. The molecule has 0 aliphatic heterocycles. The van der Waals surface area contributed by atoms with Gasteiger partial charge in [-0.2, -0.15) is 0 Å². The number of carboxylic acids is 1. The fraction of sp³-hybridized carbons (Fsp3) is 0.750. The van der Waals surface area contributed by atoms with Crippen LogP contribution < -0.4 is 5.32 Å². The van der Waals surface area contributed by atoms with Crippen molar-refractivity contribution >= 4 is 11.9 Å². The van der Waals surface area contributed by atoms with Crippen LogP contribution in [-0.2, 0) is 19.1 Å². The van der Waals surface area contributed by atoms with E-state index in [1.54, 1.807) is 0 Å². The highest BCUT2D eigenvalue weighted by Crippen LogP contribution is 1.78. The molecule has 0 aliphatic carbocycles. The Labute approximate surface area is 97.3 Å².